The molecule has 0 saturated carbocycles. The molecular formula is C22H27N3O3. The van der Waals surface area contributed by atoms with Crippen LogP contribution >= 0.6 is 0 Å². The molecule has 0 unspecified atom stereocenters. The Morgan fingerprint density at radius 3 is 2.68 bits per heavy atom. The van der Waals surface area contributed by atoms with Gasteiger partial charge in [0.1, 0.15) is 11.3 Å². The molecule has 148 valence electrons. The predicted octanol–water partition coefficient (Wildman–Crippen LogP) is 2.45. The van der Waals surface area contributed by atoms with Crippen molar-refractivity contribution in [1.82, 2.24) is 15.1 Å². The number of benzene rings is 1. The van der Waals surface area contributed by atoms with Gasteiger partial charge in [-0.25, -0.2) is 0 Å². The summed E-state index contributed by atoms with van der Waals surface area (Å²) in [6.45, 7) is 9.07. The maximum Gasteiger partial charge on any atom is 0.246 e. The highest BCUT2D eigenvalue weighted by Crippen LogP contribution is 2.27. The minimum Gasteiger partial charge on any atom is -0.460 e. The number of aryl methyl sites for hydroxylation is 1. The molecule has 0 radical (unpaired) electrons. The van der Waals surface area contributed by atoms with Crippen molar-refractivity contribution in [3.8, 4) is 0 Å². The number of carbonyl (C=O) groups excluding carboxylic acids is 2. The van der Waals surface area contributed by atoms with Crippen LogP contribution < -0.4 is 5.32 Å². The lowest BCUT2D eigenvalue weighted by atomic mass is 10.1. The van der Waals surface area contributed by atoms with E-state index in [-0.39, 0.29) is 11.8 Å². The zero-order valence-corrected chi connectivity index (χ0v) is 16.3. The van der Waals surface area contributed by atoms with Crippen LogP contribution in [-0.2, 0) is 16.0 Å². The van der Waals surface area contributed by atoms with Crippen molar-refractivity contribution in [2.75, 3.05) is 39.3 Å². The third-order valence-electron chi connectivity index (χ3n) is 4.92. The second kappa shape index (κ2) is 9.37. The van der Waals surface area contributed by atoms with E-state index in [9.17, 15) is 9.59 Å². The Morgan fingerprint density at radius 1 is 1.21 bits per heavy atom. The fraction of sp³-hybridized carbons (Fsp3) is 0.364. The van der Waals surface area contributed by atoms with Gasteiger partial charge >= 0.3 is 0 Å². The van der Waals surface area contributed by atoms with Gasteiger partial charge in [-0.2, -0.15) is 0 Å². The van der Waals surface area contributed by atoms with Gasteiger partial charge < -0.3 is 14.6 Å². The number of fused-ring (bicyclic) bond motifs is 1. The average molecular weight is 381 g/mol. The van der Waals surface area contributed by atoms with E-state index >= 15 is 0 Å². The standard InChI is InChI=1S/C22H27N3O3/c1-3-11-23-21(26)16-24-12-14-25(15-13-24)22(27)10-9-18-17-7-5-6-8-20(17)28-19(18)4-2/h3,5-10H,1,4,11-16H2,2H3,(H,23,26). The summed E-state index contributed by atoms with van der Waals surface area (Å²) in [7, 11) is 0. The SMILES string of the molecule is C=CCNC(=O)CN1CCN(C(=O)C=Cc2c(CC)oc3ccccc23)CC1. The molecule has 1 aromatic carbocycles. The molecule has 28 heavy (non-hydrogen) atoms. The molecule has 1 aromatic heterocycles. The van der Waals surface area contributed by atoms with Crippen LogP contribution in [0.5, 0.6) is 0 Å². The number of hydrogen-bond donors (Lipinski definition) is 1. The highest BCUT2D eigenvalue weighted by atomic mass is 16.3. The first-order valence-electron chi connectivity index (χ1n) is 9.69. The van der Waals surface area contributed by atoms with E-state index < -0.39 is 0 Å². The molecule has 2 amide bonds. The van der Waals surface area contributed by atoms with Crippen LogP contribution in [0.1, 0.15) is 18.2 Å². The van der Waals surface area contributed by atoms with E-state index in [1.807, 2.05) is 42.2 Å². The topological polar surface area (TPSA) is 65.8 Å². The molecule has 2 aromatic rings. The summed E-state index contributed by atoms with van der Waals surface area (Å²) < 4.78 is 5.88. The van der Waals surface area contributed by atoms with Crippen LogP contribution in [0.25, 0.3) is 17.0 Å². The van der Waals surface area contributed by atoms with Crippen molar-refractivity contribution in [3.63, 3.8) is 0 Å². The third-order valence-corrected chi connectivity index (χ3v) is 4.92. The number of nitrogens with zero attached hydrogens (tertiary/aromatic N) is 2. The zero-order valence-electron chi connectivity index (χ0n) is 16.3. The first kappa shape index (κ1) is 19.9. The Hall–Kier alpha value is -2.86. The third kappa shape index (κ3) is 4.70. The van der Waals surface area contributed by atoms with Crippen molar-refractivity contribution in [2.45, 2.75) is 13.3 Å². The lowest BCUT2D eigenvalue weighted by molar-refractivity contribution is -0.128. The maximum atomic E-state index is 12.6. The number of hydrogen-bond acceptors (Lipinski definition) is 4. The Bertz CT molecular complexity index is 876. The number of rotatable bonds is 7. The van der Waals surface area contributed by atoms with Crippen molar-refractivity contribution in [1.29, 1.82) is 0 Å². The van der Waals surface area contributed by atoms with Crippen LogP contribution in [0, 0.1) is 0 Å². The van der Waals surface area contributed by atoms with E-state index in [1.165, 1.54) is 0 Å². The second-order valence-corrected chi connectivity index (χ2v) is 6.82. The molecule has 2 heterocycles. The van der Waals surface area contributed by atoms with Crippen LogP contribution in [0.2, 0.25) is 0 Å². The van der Waals surface area contributed by atoms with Crippen molar-refractivity contribution < 1.29 is 14.0 Å². The average Bonchev–Trinajstić information content (AvgIpc) is 3.08. The highest BCUT2D eigenvalue weighted by molar-refractivity contribution is 5.96. The van der Waals surface area contributed by atoms with Crippen LogP contribution in [0.3, 0.4) is 0 Å². The number of para-hydroxylation sites is 1. The molecule has 6 nitrogen and oxygen atoms in total. The van der Waals surface area contributed by atoms with E-state index in [0.717, 1.165) is 28.7 Å². The van der Waals surface area contributed by atoms with Crippen molar-refractivity contribution >= 4 is 28.9 Å². The van der Waals surface area contributed by atoms with Gasteiger partial charge in [0.15, 0.2) is 0 Å². The lowest BCUT2D eigenvalue weighted by Crippen LogP contribution is -2.50. The Kier molecular flexibility index (Phi) is 6.66. The van der Waals surface area contributed by atoms with Crippen molar-refractivity contribution in [3.05, 3.63) is 54.3 Å². The molecule has 6 heteroatoms. The monoisotopic (exact) mass is 381 g/mol. The molecule has 1 aliphatic heterocycles. The molecule has 1 aliphatic rings. The Labute approximate surface area is 165 Å². The summed E-state index contributed by atoms with van der Waals surface area (Å²) >= 11 is 0. The van der Waals surface area contributed by atoms with Gasteiger partial charge in [-0.15, -0.1) is 6.58 Å². The minimum absolute atomic E-state index is 0.0110. The quantitative estimate of drug-likeness (QED) is 0.591. The molecule has 1 N–H and O–H groups in total. The Morgan fingerprint density at radius 2 is 1.96 bits per heavy atom. The summed E-state index contributed by atoms with van der Waals surface area (Å²) in [6.07, 6.45) is 5.92. The molecule has 0 spiro atoms. The molecule has 0 bridgehead atoms. The predicted molar refractivity (Wildman–Crippen MR) is 111 cm³/mol. The van der Waals surface area contributed by atoms with Crippen molar-refractivity contribution in [2.24, 2.45) is 0 Å². The largest absolute Gasteiger partial charge is 0.460 e. The van der Waals surface area contributed by atoms with Crippen LogP contribution in [-0.4, -0.2) is 60.9 Å². The molecule has 0 atom stereocenters. The summed E-state index contributed by atoms with van der Waals surface area (Å²) in [5.41, 5.74) is 1.82. The summed E-state index contributed by atoms with van der Waals surface area (Å²) in [6, 6.07) is 7.87. The molecule has 3 rings (SSSR count). The summed E-state index contributed by atoms with van der Waals surface area (Å²) in [5.74, 6) is 0.863. The lowest BCUT2D eigenvalue weighted by Gasteiger charge is -2.33. The van der Waals surface area contributed by atoms with Gasteiger partial charge in [0.25, 0.3) is 0 Å². The Balaban J connectivity index is 1.58. The minimum atomic E-state index is -0.0153. The van der Waals surface area contributed by atoms with Crippen LogP contribution in [0.15, 0.2) is 47.4 Å². The number of piperazine rings is 1. The van der Waals surface area contributed by atoms with E-state index in [2.05, 4.69) is 16.8 Å². The molecule has 1 saturated heterocycles. The van der Waals surface area contributed by atoms with Gasteiger partial charge in [-0.3, -0.25) is 14.5 Å². The van der Waals surface area contributed by atoms with Gasteiger partial charge in [0.2, 0.25) is 11.8 Å². The van der Waals surface area contributed by atoms with Gasteiger partial charge in [-0.05, 0) is 12.1 Å². The number of carbonyl (C=O) groups is 2. The number of nitrogens with one attached hydrogen (secondary N) is 1. The first-order chi connectivity index (χ1) is 13.6. The number of furan rings is 1. The van der Waals surface area contributed by atoms with E-state index in [1.54, 1.807) is 12.2 Å². The zero-order chi connectivity index (χ0) is 19.9. The van der Waals surface area contributed by atoms with E-state index in [0.29, 0.717) is 39.3 Å². The first-order valence-corrected chi connectivity index (χ1v) is 9.69. The molecule has 1 fully saturated rings. The summed E-state index contributed by atoms with van der Waals surface area (Å²) in [4.78, 5) is 28.3. The molecular weight excluding hydrogens is 354 g/mol. The number of amides is 2. The van der Waals surface area contributed by atoms with Gasteiger partial charge in [0, 0.05) is 56.2 Å². The fourth-order valence-corrected chi connectivity index (χ4v) is 3.39. The maximum absolute atomic E-state index is 12.6. The van der Waals surface area contributed by atoms with Gasteiger partial charge in [0.05, 0.1) is 6.54 Å². The van der Waals surface area contributed by atoms with Crippen LogP contribution in [0.4, 0.5) is 0 Å². The van der Waals surface area contributed by atoms with Gasteiger partial charge in [-0.1, -0.05) is 31.2 Å². The smallest absolute Gasteiger partial charge is 0.246 e. The fourth-order valence-electron chi connectivity index (χ4n) is 3.39. The molecule has 0 aliphatic carbocycles. The van der Waals surface area contributed by atoms with E-state index in [4.69, 9.17) is 4.42 Å². The summed E-state index contributed by atoms with van der Waals surface area (Å²) in [5, 5.41) is 3.80. The normalized spacial score (nSPS) is 15.2. The highest BCUT2D eigenvalue weighted by Gasteiger charge is 2.21. The second-order valence-electron chi connectivity index (χ2n) is 6.82.